The van der Waals surface area contributed by atoms with Crippen LogP contribution in [0.4, 0.5) is 5.69 Å². The average molecular weight is 519 g/mol. The SMILES string of the molecule is CCOC(=O)C1=C(C)N(c2ccc(C)c(C)c2)C(=O)/C1=C\c1ccc(OCC(=O)NC[C@@H]2CCCO2)cc1. The summed E-state index contributed by atoms with van der Waals surface area (Å²) in [6.45, 7) is 8.80. The van der Waals surface area contributed by atoms with Crippen LogP contribution in [-0.2, 0) is 23.9 Å². The standard InChI is InChI=1S/C30H34N2O6/c1-5-36-30(35)28-21(4)32(23-11-8-19(2)20(3)15-23)29(34)26(28)16-22-9-12-24(13-10-22)38-18-27(33)31-17-25-7-6-14-37-25/h8-13,15-16,25H,5-7,14,17-18H2,1-4H3,(H,31,33)/b26-16-/t25-/m0/s1. The summed E-state index contributed by atoms with van der Waals surface area (Å²) in [5.74, 6) is -0.525. The molecule has 38 heavy (non-hydrogen) atoms. The van der Waals surface area contributed by atoms with Crippen molar-refractivity contribution in [3.8, 4) is 5.75 Å². The third-order valence-corrected chi connectivity index (χ3v) is 6.74. The average Bonchev–Trinajstić information content (AvgIpc) is 3.50. The van der Waals surface area contributed by atoms with Gasteiger partial charge in [0.2, 0.25) is 0 Å². The van der Waals surface area contributed by atoms with Crippen molar-refractivity contribution in [2.24, 2.45) is 0 Å². The molecule has 0 radical (unpaired) electrons. The van der Waals surface area contributed by atoms with E-state index in [0.29, 0.717) is 29.2 Å². The summed E-state index contributed by atoms with van der Waals surface area (Å²) >= 11 is 0. The molecule has 0 saturated carbocycles. The van der Waals surface area contributed by atoms with E-state index in [1.54, 1.807) is 49.1 Å². The molecule has 0 unspecified atom stereocenters. The monoisotopic (exact) mass is 518 g/mol. The molecule has 0 spiro atoms. The minimum atomic E-state index is -0.537. The number of carbonyl (C=O) groups is 3. The molecule has 1 N–H and O–H groups in total. The number of benzene rings is 2. The van der Waals surface area contributed by atoms with Crippen molar-refractivity contribution in [3.63, 3.8) is 0 Å². The maximum atomic E-state index is 13.6. The van der Waals surface area contributed by atoms with Crippen LogP contribution in [-0.4, -0.2) is 50.3 Å². The lowest BCUT2D eigenvalue weighted by molar-refractivity contribution is -0.138. The largest absolute Gasteiger partial charge is 0.484 e. The molecule has 2 amide bonds. The summed E-state index contributed by atoms with van der Waals surface area (Å²) in [6, 6.07) is 12.8. The number of nitrogens with zero attached hydrogens (tertiary/aromatic N) is 1. The van der Waals surface area contributed by atoms with Gasteiger partial charge in [0.15, 0.2) is 6.61 Å². The van der Waals surface area contributed by atoms with Crippen molar-refractivity contribution in [1.82, 2.24) is 5.32 Å². The van der Waals surface area contributed by atoms with Gasteiger partial charge in [-0.15, -0.1) is 0 Å². The van der Waals surface area contributed by atoms with E-state index in [0.717, 1.165) is 30.6 Å². The van der Waals surface area contributed by atoms with Gasteiger partial charge in [-0.05, 0) is 87.6 Å². The molecule has 2 aliphatic heterocycles. The normalized spacial score (nSPS) is 18.3. The number of nitrogens with one attached hydrogen (secondary N) is 1. The number of aryl methyl sites for hydroxylation is 2. The Hall–Kier alpha value is -3.91. The van der Waals surface area contributed by atoms with Crippen LogP contribution in [0.25, 0.3) is 6.08 Å². The molecular weight excluding hydrogens is 484 g/mol. The quantitative estimate of drug-likeness (QED) is 0.394. The second-order valence-corrected chi connectivity index (χ2v) is 9.44. The number of hydrogen-bond acceptors (Lipinski definition) is 6. The minimum Gasteiger partial charge on any atom is -0.484 e. The molecule has 1 fully saturated rings. The Morgan fingerprint density at radius 3 is 2.53 bits per heavy atom. The van der Waals surface area contributed by atoms with E-state index in [9.17, 15) is 14.4 Å². The molecule has 2 heterocycles. The van der Waals surface area contributed by atoms with Crippen molar-refractivity contribution >= 4 is 29.5 Å². The lowest BCUT2D eigenvalue weighted by atomic mass is 10.0. The topological polar surface area (TPSA) is 94.2 Å². The van der Waals surface area contributed by atoms with E-state index < -0.39 is 5.97 Å². The van der Waals surface area contributed by atoms with E-state index in [4.69, 9.17) is 14.2 Å². The number of hydrogen-bond donors (Lipinski definition) is 1. The summed E-state index contributed by atoms with van der Waals surface area (Å²) < 4.78 is 16.4. The fraction of sp³-hybridized carbons (Fsp3) is 0.367. The van der Waals surface area contributed by atoms with Crippen LogP contribution in [0.1, 0.15) is 43.4 Å². The molecule has 1 saturated heterocycles. The first kappa shape index (κ1) is 27.1. The highest BCUT2D eigenvalue weighted by Gasteiger charge is 2.38. The molecule has 0 aromatic heterocycles. The number of esters is 1. The van der Waals surface area contributed by atoms with Crippen LogP contribution in [0.15, 0.2) is 59.3 Å². The van der Waals surface area contributed by atoms with Crippen LogP contribution < -0.4 is 15.0 Å². The number of amides is 2. The molecule has 2 aromatic carbocycles. The highest BCUT2D eigenvalue weighted by Crippen LogP contribution is 2.36. The molecule has 4 rings (SSSR count). The van der Waals surface area contributed by atoms with E-state index in [-0.39, 0.29) is 42.3 Å². The molecule has 0 aliphatic carbocycles. The Balaban J connectivity index is 1.49. The Morgan fingerprint density at radius 2 is 1.87 bits per heavy atom. The van der Waals surface area contributed by atoms with Gasteiger partial charge in [-0.3, -0.25) is 14.5 Å². The van der Waals surface area contributed by atoms with Crippen LogP contribution >= 0.6 is 0 Å². The van der Waals surface area contributed by atoms with Gasteiger partial charge in [-0.2, -0.15) is 0 Å². The molecule has 8 heteroatoms. The van der Waals surface area contributed by atoms with Crippen LogP contribution in [0, 0.1) is 13.8 Å². The lowest BCUT2D eigenvalue weighted by Gasteiger charge is -2.19. The summed E-state index contributed by atoms with van der Waals surface area (Å²) in [5, 5.41) is 2.82. The van der Waals surface area contributed by atoms with Crippen molar-refractivity contribution in [1.29, 1.82) is 0 Å². The number of anilines is 1. The highest BCUT2D eigenvalue weighted by atomic mass is 16.5. The Labute approximate surface area is 223 Å². The van der Waals surface area contributed by atoms with Crippen LogP contribution in [0.3, 0.4) is 0 Å². The molecule has 2 aromatic rings. The number of rotatable bonds is 9. The molecule has 1 atom stereocenters. The minimum absolute atomic E-state index is 0.0766. The van der Waals surface area contributed by atoms with Crippen LogP contribution in [0.5, 0.6) is 5.75 Å². The Kier molecular flexibility index (Phi) is 8.63. The first-order chi connectivity index (χ1) is 18.3. The van der Waals surface area contributed by atoms with Gasteiger partial charge in [0.1, 0.15) is 5.75 Å². The van der Waals surface area contributed by atoms with E-state index in [1.807, 2.05) is 32.0 Å². The molecule has 2 aliphatic rings. The predicted molar refractivity (Wildman–Crippen MR) is 145 cm³/mol. The zero-order chi connectivity index (χ0) is 27.2. The second kappa shape index (κ2) is 12.1. The fourth-order valence-electron chi connectivity index (χ4n) is 4.52. The number of carbonyl (C=O) groups excluding carboxylic acids is 3. The fourth-order valence-corrected chi connectivity index (χ4v) is 4.52. The smallest absolute Gasteiger partial charge is 0.340 e. The van der Waals surface area contributed by atoms with E-state index in [1.165, 1.54) is 0 Å². The van der Waals surface area contributed by atoms with Gasteiger partial charge in [0.25, 0.3) is 11.8 Å². The zero-order valence-corrected chi connectivity index (χ0v) is 22.3. The summed E-state index contributed by atoms with van der Waals surface area (Å²) in [6.07, 6.45) is 3.73. The zero-order valence-electron chi connectivity index (χ0n) is 22.3. The van der Waals surface area contributed by atoms with Crippen molar-refractivity contribution in [3.05, 3.63) is 76.0 Å². The van der Waals surface area contributed by atoms with Crippen molar-refractivity contribution in [2.45, 2.75) is 46.6 Å². The van der Waals surface area contributed by atoms with Gasteiger partial charge >= 0.3 is 5.97 Å². The summed E-state index contributed by atoms with van der Waals surface area (Å²) in [4.78, 5) is 40.1. The van der Waals surface area contributed by atoms with Gasteiger partial charge < -0.3 is 19.5 Å². The van der Waals surface area contributed by atoms with Gasteiger partial charge in [-0.25, -0.2) is 4.79 Å². The molecule has 200 valence electrons. The Morgan fingerprint density at radius 1 is 1.11 bits per heavy atom. The lowest BCUT2D eigenvalue weighted by Crippen LogP contribution is -2.35. The molecule has 8 nitrogen and oxygen atoms in total. The van der Waals surface area contributed by atoms with Crippen LogP contribution in [0.2, 0.25) is 0 Å². The first-order valence-electron chi connectivity index (χ1n) is 12.9. The van der Waals surface area contributed by atoms with E-state index in [2.05, 4.69) is 5.32 Å². The van der Waals surface area contributed by atoms with Crippen molar-refractivity contribution in [2.75, 3.05) is 31.3 Å². The summed E-state index contributed by atoms with van der Waals surface area (Å²) in [7, 11) is 0. The second-order valence-electron chi connectivity index (χ2n) is 9.44. The van der Waals surface area contributed by atoms with Gasteiger partial charge in [-0.1, -0.05) is 18.2 Å². The highest BCUT2D eigenvalue weighted by molar-refractivity contribution is 6.23. The van der Waals surface area contributed by atoms with Crippen molar-refractivity contribution < 1.29 is 28.6 Å². The molecular formula is C30H34N2O6. The Bertz CT molecular complexity index is 1270. The van der Waals surface area contributed by atoms with Gasteiger partial charge in [0, 0.05) is 24.5 Å². The summed E-state index contributed by atoms with van der Waals surface area (Å²) in [5.41, 5.74) is 4.61. The maximum absolute atomic E-state index is 13.6. The number of ether oxygens (including phenoxy) is 3. The predicted octanol–water partition coefficient (Wildman–Crippen LogP) is 4.24. The third kappa shape index (κ3) is 6.14. The first-order valence-corrected chi connectivity index (χ1v) is 12.9. The third-order valence-electron chi connectivity index (χ3n) is 6.74. The van der Waals surface area contributed by atoms with E-state index >= 15 is 0 Å². The molecule has 0 bridgehead atoms. The number of allylic oxidation sites excluding steroid dienone is 1. The maximum Gasteiger partial charge on any atom is 0.340 e. The van der Waals surface area contributed by atoms with Gasteiger partial charge in [0.05, 0.1) is 23.9 Å².